The molecule has 20 heavy (non-hydrogen) atoms. The molecule has 3 heteroatoms. The first-order valence-corrected chi connectivity index (χ1v) is 9.29. The van der Waals surface area contributed by atoms with Crippen LogP contribution >= 0.6 is 11.6 Å². The summed E-state index contributed by atoms with van der Waals surface area (Å²) in [7, 11) is 0. The summed E-state index contributed by atoms with van der Waals surface area (Å²) < 4.78 is 5.48. The summed E-state index contributed by atoms with van der Waals surface area (Å²) in [5.74, 6) is 0.706. The van der Waals surface area contributed by atoms with E-state index in [1.165, 1.54) is 70.8 Å². The van der Waals surface area contributed by atoms with E-state index in [9.17, 15) is 0 Å². The first kappa shape index (κ1) is 18.3. The Hall–Kier alpha value is 0.210. The second kappa shape index (κ2) is 12.9. The van der Waals surface area contributed by atoms with Crippen molar-refractivity contribution in [3.8, 4) is 0 Å². The zero-order valence-corrected chi connectivity index (χ0v) is 14.2. The van der Waals surface area contributed by atoms with E-state index >= 15 is 0 Å². The molecule has 2 nitrogen and oxygen atoms in total. The maximum atomic E-state index is 5.99. The van der Waals surface area contributed by atoms with Crippen molar-refractivity contribution < 1.29 is 4.74 Å². The molecule has 1 fully saturated rings. The number of rotatable bonds is 12. The van der Waals surface area contributed by atoms with Gasteiger partial charge in [0.15, 0.2) is 0 Å². The van der Waals surface area contributed by atoms with E-state index in [4.69, 9.17) is 16.3 Å². The van der Waals surface area contributed by atoms with Gasteiger partial charge in [-0.25, -0.2) is 0 Å². The molecule has 0 aromatic rings. The first-order chi connectivity index (χ1) is 9.88. The monoisotopic (exact) mass is 303 g/mol. The molecular formula is C17H34ClNO. The molecule has 0 amide bonds. The van der Waals surface area contributed by atoms with E-state index in [1.807, 2.05) is 0 Å². The standard InChI is InChI=1S/C17H34ClNO/c1-2-3-4-5-6-7-8-9-10-11-12-19-13-14-20-16-17(19)15-18/h17H,2-16H2,1H3. The molecule has 120 valence electrons. The molecule has 0 N–H and O–H groups in total. The minimum Gasteiger partial charge on any atom is -0.378 e. The lowest BCUT2D eigenvalue weighted by Gasteiger charge is -2.34. The second-order valence-electron chi connectivity index (χ2n) is 6.10. The molecule has 1 unspecified atom stereocenters. The fraction of sp³-hybridized carbons (Fsp3) is 1.00. The molecule has 1 aliphatic rings. The van der Waals surface area contributed by atoms with Crippen LogP contribution in [0, 0.1) is 0 Å². The Balaban J connectivity index is 1.86. The molecule has 0 spiro atoms. The molecule has 0 radical (unpaired) electrons. The average molecular weight is 304 g/mol. The Labute approximate surface area is 131 Å². The van der Waals surface area contributed by atoms with Crippen molar-refractivity contribution in [3.05, 3.63) is 0 Å². The van der Waals surface area contributed by atoms with Crippen LogP contribution in [0.1, 0.15) is 71.1 Å². The Morgan fingerprint density at radius 1 is 0.950 bits per heavy atom. The van der Waals surface area contributed by atoms with Crippen molar-refractivity contribution in [2.45, 2.75) is 77.2 Å². The summed E-state index contributed by atoms with van der Waals surface area (Å²) in [4.78, 5) is 2.52. The van der Waals surface area contributed by atoms with Gasteiger partial charge in [0.1, 0.15) is 0 Å². The minimum absolute atomic E-state index is 0.448. The highest BCUT2D eigenvalue weighted by molar-refractivity contribution is 6.18. The van der Waals surface area contributed by atoms with E-state index < -0.39 is 0 Å². The van der Waals surface area contributed by atoms with E-state index in [0.717, 1.165) is 19.8 Å². The zero-order valence-electron chi connectivity index (χ0n) is 13.4. The summed E-state index contributed by atoms with van der Waals surface area (Å²) in [5, 5.41) is 0. The van der Waals surface area contributed by atoms with Crippen LogP contribution in [0.15, 0.2) is 0 Å². The van der Waals surface area contributed by atoms with Crippen molar-refractivity contribution in [2.75, 3.05) is 32.2 Å². The zero-order chi connectivity index (χ0) is 14.5. The number of unbranched alkanes of at least 4 members (excludes halogenated alkanes) is 9. The normalized spacial score (nSPS) is 20.4. The predicted octanol–water partition coefficient (Wildman–Crippen LogP) is 4.85. The van der Waals surface area contributed by atoms with E-state index in [-0.39, 0.29) is 0 Å². The van der Waals surface area contributed by atoms with Gasteiger partial charge in [-0.3, -0.25) is 4.90 Å². The number of morpholine rings is 1. The van der Waals surface area contributed by atoms with Gasteiger partial charge < -0.3 is 4.74 Å². The Kier molecular flexibility index (Phi) is 11.8. The third-order valence-corrected chi connectivity index (χ3v) is 4.68. The number of hydrogen-bond donors (Lipinski definition) is 0. The molecule has 1 heterocycles. The lowest BCUT2D eigenvalue weighted by atomic mass is 10.1. The van der Waals surface area contributed by atoms with Crippen LogP contribution in [-0.4, -0.2) is 43.1 Å². The third-order valence-electron chi connectivity index (χ3n) is 4.33. The number of nitrogens with zero attached hydrogens (tertiary/aromatic N) is 1. The minimum atomic E-state index is 0.448. The van der Waals surface area contributed by atoms with Crippen molar-refractivity contribution in [3.63, 3.8) is 0 Å². The molecule has 1 rings (SSSR count). The molecule has 0 bridgehead atoms. The van der Waals surface area contributed by atoms with Crippen LogP contribution in [0.4, 0.5) is 0 Å². The van der Waals surface area contributed by atoms with Crippen LogP contribution in [0.3, 0.4) is 0 Å². The molecule has 0 aromatic carbocycles. The number of alkyl halides is 1. The van der Waals surface area contributed by atoms with Gasteiger partial charge in [-0.05, 0) is 13.0 Å². The van der Waals surface area contributed by atoms with Crippen molar-refractivity contribution in [2.24, 2.45) is 0 Å². The van der Waals surface area contributed by atoms with Gasteiger partial charge >= 0.3 is 0 Å². The highest BCUT2D eigenvalue weighted by Crippen LogP contribution is 2.13. The van der Waals surface area contributed by atoms with Crippen molar-refractivity contribution in [1.82, 2.24) is 4.90 Å². The molecule has 1 saturated heterocycles. The van der Waals surface area contributed by atoms with Crippen LogP contribution in [0.2, 0.25) is 0 Å². The molecule has 1 aliphatic heterocycles. The van der Waals surface area contributed by atoms with Gasteiger partial charge in [0.25, 0.3) is 0 Å². The fourth-order valence-electron chi connectivity index (χ4n) is 2.93. The largest absolute Gasteiger partial charge is 0.378 e. The van der Waals surface area contributed by atoms with Gasteiger partial charge in [0, 0.05) is 18.5 Å². The van der Waals surface area contributed by atoms with Gasteiger partial charge in [0.05, 0.1) is 13.2 Å². The molecule has 1 atom stereocenters. The van der Waals surface area contributed by atoms with Gasteiger partial charge in [0.2, 0.25) is 0 Å². The van der Waals surface area contributed by atoms with Crippen LogP contribution < -0.4 is 0 Å². The highest BCUT2D eigenvalue weighted by Gasteiger charge is 2.21. The molecule has 0 saturated carbocycles. The summed E-state index contributed by atoms with van der Waals surface area (Å²) >= 11 is 5.99. The highest BCUT2D eigenvalue weighted by atomic mass is 35.5. The Morgan fingerprint density at radius 2 is 1.55 bits per heavy atom. The van der Waals surface area contributed by atoms with Crippen molar-refractivity contribution >= 4 is 11.6 Å². The third kappa shape index (κ3) is 8.49. The molecular weight excluding hydrogens is 270 g/mol. The lowest BCUT2D eigenvalue weighted by Crippen LogP contribution is -2.46. The fourth-order valence-corrected chi connectivity index (χ4v) is 3.21. The Morgan fingerprint density at radius 3 is 2.15 bits per heavy atom. The van der Waals surface area contributed by atoms with Crippen LogP contribution in [0.5, 0.6) is 0 Å². The number of ether oxygens (including phenoxy) is 1. The van der Waals surface area contributed by atoms with E-state index in [1.54, 1.807) is 0 Å². The SMILES string of the molecule is CCCCCCCCCCCCN1CCOCC1CCl. The first-order valence-electron chi connectivity index (χ1n) is 8.76. The number of hydrogen-bond acceptors (Lipinski definition) is 2. The topological polar surface area (TPSA) is 12.5 Å². The quantitative estimate of drug-likeness (QED) is 0.377. The predicted molar refractivity (Wildman–Crippen MR) is 88.7 cm³/mol. The number of halogens is 1. The lowest BCUT2D eigenvalue weighted by molar-refractivity contribution is 0.000393. The van der Waals surface area contributed by atoms with Crippen LogP contribution in [0.25, 0.3) is 0 Å². The second-order valence-corrected chi connectivity index (χ2v) is 6.41. The van der Waals surface area contributed by atoms with E-state index in [2.05, 4.69) is 11.8 Å². The molecule has 0 aromatic heterocycles. The summed E-state index contributed by atoms with van der Waals surface area (Å²) in [6.45, 7) is 6.25. The van der Waals surface area contributed by atoms with Gasteiger partial charge in [-0.15, -0.1) is 11.6 Å². The average Bonchev–Trinajstić information content (AvgIpc) is 2.49. The van der Waals surface area contributed by atoms with Crippen LogP contribution in [-0.2, 0) is 4.74 Å². The summed E-state index contributed by atoms with van der Waals surface area (Å²) in [6.07, 6.45) is 14.1. The summed E-state index contributed by atoms with van der Waals surface area (Å²) in [5.41, 5.74) is 0. The van der Waals surface area contributed by atoms with E-state index in [0.29, 0.717) is 11.9 Å². The Bertz CT molecular complexity index is 213. The molecule has 0 aliphatic carbocycles. The summed E-state index contributed by atoms with van der Waals surface area (Å²) in [6, 6.07) is 0.448. The smallest absolute Gasteiger partial charge is 0.0634 e. The maximum absolute atomic E-state index is 5.99. The maximum Gasteiger partial charge on any atom is 0.0634 e. The van der Waals surface area contributed by atoms with Crippen molar-refractivity contribution in [1.29, 1.82) is 0 Å². The van der Waals surface area contributed by atoms with Gasteiger partial charge in [-0.1, -0.05) is 64.7 Å². The van der Waals surface area contributed by atoms with Gasteiger partial charge in [-0.2, -0.15) is 0 Å².